The Hall–Kier alpha value is -4.12. The van der Waals surface area contributed by atoms with Gasteiger partial charge in [-0.15, -0.1) is 0 Å². The van der Waals surface area contributed by atoms with Crippen LogP contribution in [0.2, 0.25) is 0 Å². The van der Waals surface area contributed by atoms with E-state index in [9.17, 15) is 24.1 Å². The molecule has 33 heavy (non-hydrogen) atoms. The van der Waals surface area contributed by atoms with Gasteiger partial charge in [0.2, 0.25) is 5.91 Å². The zero-order valence-electron chi connectivity index (χ0n) is 17.8. The van der Waals surface area contributed by atoms with E-state index in [2.05, 4.69) is 15.7 Å². The van der Waals surface area contributed by atoms with E-state index >= 15 is 0 Å². The number of ether oxygens (including phenoxy) is 1. The van der Waals surface area contributed by atoms with Gasteiger partial charge in [0.1, 0.15) is 17.7 Å². The maximum Gasteiger partial charge on any atom is 0.274 e. The van der Waals surface area contributed by atoms with Gasteiger partial charge in [-0.05, 0) is 30.7 Å². The Balaban J connectivity index is 1.60. The summed E-state index contributed by atoms with van der Waals surface area (Å²) in [4.78, 5) is 35.9. The van der Waals surface area contributed by atoms with Crippen LogP contribution in [-0.4, -0.2) is 33.6 Å². The summed E-state index contributed by atoms with van der Waals surface area (Å²) >= 11 is 0. The topological polar surface area (TPSA) is 128 Å². The predicted octanol–water partition coefficient (Wildman–Crippen LogP) is 3.57. The van der Waals surface area contributed by atoms with Crippen LogP contribution in [0.25, 0.3) is 11.1 Å². The molecule has 170 valence electrons. The summed E-state index contributed by atoms with van der Waals surface area (Å²) in [6.45, 7) is 1.75. The number of nitrogens with one attached hydrogen (secondary N) is 2. The molecule has 0 aliphatic carbocycles. The molecule has 1 atom stereocenters. The number of fused-ring (bicyclic) bond motifs is 1. The molecule has 2 heterocycles. The highest BCUT2D eigenvalue weighted by atomic mass is 19.1. The summed E-state index contributed by atoms with van der Waals surface area (Å²) in [6, 6.07) is 9.18. The van der Waals surface area contributed by atoms with Gasteiger partial charge in [0, 0.05) is 30.0 Å². The molecule has 10 nitrogen and oxygen atoms in total. The minimum Gasteiger partial charge on any atom is -0.378 e. The number of carbonyl (C=O) groups is 2. The molecule has 0 fully saturated rings. The summed E-state index contributed by atoms with van der Waals surface area (Å²) in [5, 5.41) is 21.0. The largest absolute Gasteiger partial charge is 0.378 e. The number of hydrogen-bond donors (Lipinski definition) is 2. The molecule has 11 heteroatoms. The third-order valence-electron chi connectivity index (χ3n) is 5.30. The van der Waals surface area contributed by atoms with E-state index in [0.717, 1.165) is 0 Å². The molecule has 1 aliphatic rings. The number of rotatable bonds is 7. The predicted molar refractivity (Wildman–Crippen MR) is 117 cm³/mol. The standard InChI is InChI=1S/C22H20FN5O5/c1-12-3-8-15(9-17(12)28(31)32)24-19(29)10-18-22(30)25-21-20(13-4-6-14(23)7-5-13)16(11-33-2)26-27(18)21/h3-9,18H,10-11H2,1-2H3,(H,24,29)(H,25,30). The van der Waals surface area contributed by atoms with E-state index in [4.69, 9.17) is 4.74 Å². The van der Waals surface area contributed by atoms with Gasteiger partial charge >= 0.3 is 0 Å². The number of aromatic nitrogens is 2. The molecule has 0 spiro atoms. The molecule has 1 aliphatic heterocycles. The Bertz CT molecular complexity index is 1250. The number of nitrogens with zero attached hydrogens (tertiary/aromatic N) is 3. The van der Waals surface area contributed by atoms with Crippen LogP contribution in [0, 0.1) is 22.9 Å². The number of amides is 2. The zero-order chi connectivity index (χ0) is 23.7. The average Bonchev–Trinajstić information content (AvgIpc) is 3.25. The highest BCUT2D eigenvalue weighted by Crippen LogP contribution is 2.39. The molecule has 2 N–H and O–H groups in total. The third kappa shape index (κ3) is 4.30. The zero-order valence-corrected chi connectivity index (χ0v) is 17.8. The Kier molecular flexibility index (Phi) is 5.88. The van der Waals surface area contributed by atoms with Crippen molar-refractivity contribution in [2.45, 2.75) is 26.0 Å². The minimum atomic E-state index is -0.926. The van der Waals surface area contributed by atoms with Gasteiger partial charge in [0.05, 0.1) is 23.6 Å². The van der Waals surface area contributed by atoms with Crippen molar-refractivity contribution >= 4 is 29.0 Å². The number of nitro groups is 1. The van der Waals surface area contributed by atoms with E-state index in [-0.39, 0.29) is 24.4 Å². The van der Waals surface area contributed by atoms with Crippen molar-refractivity contribution in [2.24, 2.45) is 0 Å². The lowest BCUT2D eigenvalue weighted by Gasteiger charge is -2.10. The number of hydrogen-bond acceptors (Lipinski definition) is 6. The van der Waals surface area contributed by atoms with Crippen molar-refractivity contribution in [3.8, 4) is 11.1 Å². The van der Waals surface area contributed by atoms with Crippen LogP contribution in [0.4, 0.5) is 21.6 Å². The normalized spacial score (nSPS) is 14.6. The van der Waals surface area contributed by atoms with Crippen molar-refractivity contribution in [2.75, 3.05) is 17.7 Å². The Labute approximate surface area is 187 Å². The van der Waals surface area contributed by atoms with Crippen molar-refractivity contribution < 1.29 is 23.6 Å². The van der Waals surface area contributed by atoms with Crippen LogP contribution in [0.1, 0.15) is 23.7 Å². The fraction of sp³-hybridized carbons (Fsp3) is 0.227. The van der Waals surface area contributed by atoms with Gasteiger partial charge in [-0.25, -0.2) is 9.07 Å². The number of halogens is 1. The second kappa shape index (κ2) is 8.79. The lowest BCUT2D eigenvalue weighted by molar-refractivity contribution is -0.385. The summed E-state index contributed by atoms with van der Waals surface area (Å²) in [7, 11) is 1.50. The van der Waals surface area contributed by atoms with Crippen LogP contribution in [0.15, 0.2) is 42.5 Å². The number of anilines is 2. The second-order valence-corrected chi connectivity index (χ2v) is 7.57. The molecule has 0 saturated heterocycles. The van der Waals surface area contributed by atoms with E-state index < -0.39 is 28.6 Å². The fourth-order valence-corrected chi connectivity index (χ4v) is 3.75. The van der Waals surface area contributed by atoms with Crippen molar-refractivity contribution in [1.82, 2.24) is 9.78 Å². The SMILES string of the molecule is COCc1nn2c(c1-c1ccc(F)cc1)NC(=O)C2CC(=O)Nc1ccc(C)c([N+](=O)[O-])c1. The van der Waals surface area contributed by atoms with Crippen LogP contribution >= 0.6 is 0 Å². The molecule has 2 amide bonds. The highest BCUT2D eigenvalue weighted by molar-refractivity contribution is 6.04. The Morgan fingerprint density at radius 3 is 2.70 bits per heavy atom. The van der Waals surface area contributed by atoms with Crippen LogP contribution in [0.5, 0.6) is 0 Å². The first-order chi connectivity index (χ1) is 15.8. The lowest BCUT2D eigenvalue weighted by Crippen LogP contribution is -2.24. The molecule has 0 saturated carbocycles. The summed E-state index contributed by atoms with van der Waals surface area (Å²) in [6.07, 6.45) is -0.239. The van der Waals surface area contributed by atoms with Crippen molar-refractivity contribution in [1.29, 1.82) is 0 Å². The first kappa shape index (κ1) is 22.1. The second-order valence-electron chi connectivity index (χ2n) is 7.57. The number of methoxy groups -OCH3 is 1. The van der Waals surface area contributed by atoms with Crippen LogP contribution in [-0.2, 0) is 20.9 Å². The van der Waals surface area contributed by atoms with Crippen molar-refractivity contribution in [3.63, 3.8) is 0 Å². The van der Waals surface area contributed by atoms with Crippen molar-refractivity contribution in [3.05, 3.63) is 69.7 Å². The molecule has 3 aromatic rings. The van der Waals surface area contributed by atoms with Gasteiger partial charge in [-0.3, -0.25) is 19.7 Å². The van der Waals surface area contributed by atoms with Gasteiger partial charge in [0.15, 0.2) is 0 Å². The molecule has 0 radical (unpaired) electrons. The van der Waals surface area contributed by atoms with E-state index in [0.29, 0.717) is 28.2 Å². The first-order valence-corrected chi connectivity index (χ1v) is 10.0. The quantitative estimate of drug-likeness (QED) is 0.416. The maximum atomic E-state index is 13.4. The van der Waals surface area contributed by atoms with Gasteiger partial charge in [0.25, 0.3) is 11.6 Å². The van der Waals surface area contributed by atoms with E-state index in [1.807, 2.05) is 0 Å². The van der Waals surface area contributed by atoms with Gasteiger partial charge in [-0.2, -0.15) is 5.10 Å². The molecule has 4 rings (SSSR count). The molecule has 1 unspecified atom stereocenters. The van der Waals surface area contributed by atoms with E-state index in [1.54, 1.807) is 25.1 Å². The summed E-state index contributed by atoms with van der Waals surface area (Å²) < 4.78 is 20.0. The first-order valence-electron chi connectivity index (χ1n) is 10.0. The number of carbonyl (C=O) groups excluding carboxylic acids is 2. The molecule has 0 bridgehead atoms. The summed E-state index contributed by atoms with van der Waals surface area (Å²) in [5.41, 5.74) is 2.36. The smallest absolute Gasteiger partial charge is 0.274 e. The molecule has 1 aromatic heterocycles. The Morgan fingerprint density at radius 2 is 2.03 bits per heavy atom. The highest BCUT2D eigenvalue weighted by Gasteiger charge is 2.37. The summed E-state index contributed by atoms with van der Waals surface area (Å²) in [5.74, 6) is -0.934. The van der Waals surface area contributed by atoms with Gasteiger partial charge < -0.3 is 15.4 Å². The number of aryl methyl sites for hydroxylation is 1. The van der Waals surface area contributed by atoms with E-state index in [1.165, 1.54) is 36.1 Å². The molecule has 2 aromatic carbocycles. The Morgan fingerprint density at radius 1 is 1.30 bits per heavy atom. The maximum absolute atomic E-state index is 13.4. The lowest BCUT2D eigenvalue weighted by atomic mass is 10.1. The number of nitro benzene ring substituents is 1. The number of benzene rings is 2. The molecular weight excluding hydrogens is 433 g/mol. The minimum absolute atomic E-state index is 0.117. The fourth-order valence-electron chi connectivity index (χ4n) is 3.75. The average molecular weight is 453 g/mol. The molecular formula is C22H20FN5O5. The van der Waals surface area contributed by atoms with Crippen LogP contribution < -0.4 is 10.6 Å². The van der Waals surface area contributed by atoms with Crippen LogP contribution in [0.3, 0.4) is 0 Å². The monoisotopic (exact) mass is 453 g/mol. The third-order valence-corrected chi connectivity index (χ3v) is 5.30. The van der Waals surface area contributed by atoms with Gasteiger partial charge in [-0.1, -0.05) is 18.2 Å².